The third-order valence-electron chi connectivity index (χ3n) is 3.09. The number of hydrogen-bond donors (Lipinski definition) is 1. The normalized spacial score (nSPS) is 10.5. The molecule has 22 heavy (non-hydrogen) atoms. The van der Waals surface area contributed by atoms with Gasteiger partial charge in [0, 0.05) is 18.7 Å². The average molecular weight is 313 g/mol. The van der Waals surface area contributed by atoms with Crippen molar-refractivity contribution in [3.05, 3.63) is 69.2 Å². The summed E-state index contributed by atoms with van der Waals surface area (Å²) in [5, 5.41) is 13.7. The molecule has 0 fully saturated rings. The Morgan fingerprint density at radius 3 is 2.59 bits per heavy atom. The van der Waals surface area contributed by atoms with E-state index in [9.17, 15) is 14.9 Å². The lowest BCUT2D eigenvalue weighted by atomic mass is 10.2. The van der Waals surface area contributed by atoms with Crippen molar-refractivity contribution in [1.29, 1.82) is 0 Å². The van der Waals surface area contributed by atoms with E-state index in [0.717, 1.165) is 15.8 Å². The monoisotopic (exact) mass is 313 g/mol. The minimum Gasteiger partial charge on any atom is -0.346 e. The standard InChI is InChI=1S/C15H11N3O3S/c19-14(15-17-12-3-1-2-4-13(12)22-15)16-9-10-5-7-11(8-6-10)18(20)21/h1-8H,9H2,(H,16,19). The summed E-state index contributed by atoms with van der Waals surface area (Å²) in [6, 6.07) is 13.6. The Morgan fingerprint density at radius 2 is 1.91 bits per heavy atom. The third kappa shape index (κ3) is 2.94. The molecule has 1 amide bonds. The molecule has 0 aliphatic carbocycles. The van der Waals surface area contributed by atoms with Crippen LogP contribution in [0.3, 0.4) is 0 Å². The Hall–Kier alpha value is -2.80. The minimum atomic E-state index is -0.455. The summed E-state index contributed by atoms with van der Waals surface area (Å²) in [7, 11) is 0. The molecule has 1 heterocycles. The van der Waals surface area contributed by atoms with Gasteiger partial charge in [0.05, 0.1) is 15.1 Å². The molecule has 0 unspecified atom stereocenters. The number of aromatic nitrogens is 1. The van der Waals surface area contributed by atoms with E-state index in [1.54, 1.807) is 12.1 Å². The molecule has 6 nitrogen and oxygen atoms in total. The highest BCUT2D eigenvalue weighted by molar-refractivity contribution is 7.20. The summed E-state index contributed by atoms with van der Waals surface area (Å²) in [6.45, 7) is 0.298. The number of carbonyl (C=O) groups excluding carboxylic acids is 1. The van der Waals surface area contributed by atoms with Crippen LogP contribution in [0.4, 0.5) is 5.69 Å². The number of carbonyl (C=O) groups is 1. The van der Waals surface area contributed by atoms with Gasteiger partial charge in [-0.25, -0.2) is 4.98 Å². The first-order valence-electron chi connectivity index (χ1n) is 6.50. The zero-order valence-electron chi connectivity index (χ0n) is 11.4. The molecule has 0 aliphatic heterocycles. The number of hydrogen-bond acceptors (Lipinski definition) is 5. The van der Waals surface area contributed by atoms with Gasteiger partial charge in [-0.15, -0.1) is 11.3 Å². The number of non-ortho nitro benzene ring substituents is 1. The average Bonchev–Trinajstić information content (AvgIpc) is 2.97. The van der Waals surface area contributed by atoms with Crippen LogP contribution in [0.2, 0.25) is 0 Å². The molecule has 1 aromatic heterocycles. The predicted molar refractivity (Wildman–Crippen MR) is 83.9 cm³/mol. The van der Waals surface area contributed by atoms with Crippen LogP contribution in [0, 0.1) is 10.1 Å². The third-order valence-corrected chi connectivity index (χ3v) is 4.12. The van der Waals surface area contributed by atoms with E-state index in [1.807, 2.05) is 24.3 Å². The van der Waals surface area contributed by atoms with Gasteiger partial charge in [-0.3, -0.25) is 14.9 Å². The van der Waals surface area contributed by atoms with E-state index >= 15 is 0 Å². The zero-order valence-corrected chi connectivity index (χ0v) is 12.2. The van der Waals surface area contributed by atoms with E-state index in [4.69, 9.17) is 0 Å². The number of para-hydroxylation sites is 1. The summed E-state index contributed by atoms with van der Waals surface area (Å²) in [4.78, 5) is 26.5. The number of nitrogens with zero attached hydrogens (tertiary/aromatic N) is 2. The molecule has 3 aromatic rings. The van der Waals surface area contributed by atoms with Gasteiger partial charge in [-0.1, -0.05) is 24.3 Å². The Bertz CT molecular complexity index is 810. The molecule has 0 radical (unpaired) electrons. The van der Waals surface area contributed by atoms with Gasteiger partial charge in [-0.05, 0) is 17.7 Å². The molecule has 0 saturated heterocycles. The van der Waals surface area contributed by atoms with Crippen molar-refractivity contribution in [2.24, 2.45) is 0 Å². The second kappa shape index (κ2) is 5.90. The number of nitrogens with one attached hydrogen (secondary N) is 1. The van der Waals surface area contributed by atoms with Crippen LogP contribution in [-0.4, -0.2) is 15.8 Å². The first-order valence-corrected chi connectivity index (χ1v) is 7.32. The molecule has 0 atom stereocenters. The second-order valence-electron chi connectivity index (χ2n) is 4.59. The maximum absolute atomic E-state index is 12.1. The largest absolute Gasteiger partial charge is 0.346 e. The highest BCUT2D eigenvalue weighted by Gasteiger charge is 2.12. The molecular formula is C15H11N3O3S. The maximum Gasteiger partial charge on any atom is 0.280 e. The van der Waals surface area contributed by atoms with E-state index < -0.39 is 4.92 Å². The Morgan fingerprint density at radius 1 is 1.18 bits per heavy atom. The van der Waals surface area contributed by atoms with Crippen LogP contribution in [0.1, 0.15) is 15.4 Å². The maximum atomic E-state index is 12.1. The van der Waals surface area contributed by atoms with Crippen LogP contribution >= 0.6 is 11.3 Å². The topological polar surface area (TPSA) is 85.1 Å². The highest BCUT2D eigenvalue weighted by Crippen LogP contribution is 2.21. The quantitative estimate of drug-likeness (QED) is 0.592. The van der Waals surface area contributed by atoms with Crippen LogP contribution in [0.5, 0.6) is 0 Å². The molecule has 0 bridgehead atoms. The molecule has 1 N–H and O–H groups in total. The van der Waals surface area contributed by atoms with Gasteiger partial charge >= 0.3 is 0 Å². The molecule has 0 aliphatic rings. The predicted octanol–water partition coefficient (Wildman–Crippen LogP) is 3.13. The van der Waals surface area contributed by atoms with Crippen molar-refractivity contribution in [3.63, 3.8) is 0 Å². The van der Waals surface area contributed by atoms with Crippen molar-refractivity contribution in [2.45, 2.75) is 6.54 Å². The van der Waals surface area contributed by atoms with E-state index in [-0.39, 0.29) is 11.6 Å². The summed E-state index contributed by atoms with van der Waals surface area (Å²) >= 11 is 1.33. The van der Waals surface area contributed by atoms with Gasteiger partial charge in [0.15, 0.2) is 5.01 Å². The Labute approximate surface area is 129 Å². The SMILES string of the molecule is O=C(NCc1ccc([N+](=O)[O-])cc1)c1nc2ccccc2s1. The summed E-state index contributed by atoms with van der Waals surface area (Å²) < 4.78 is 0.961. The smallest absolute Gasteiger partial charge is 0.280 e. The lowest BCUT2D eigenvalue weighted by Gasteiger charge is -2.02. The van der Waals surface area contributed by atoms with Crippen molar-refractivity contribution in [2.75, 3.05) is 0 Å². The van der Waals surface area contributed by atoms with Gasteiger partial charge in [0.25, 0.3) is 11.6 Å². The fourth-order valence-electron chi connectivity index (χ4n) is 1.96. The fraction of sp³-hybridized carbons (Fsp3) is 0.0667. The van der Waals surface area contributed by atoms with Crippen LogP contribution < -0.4 is 5.32 Å². The highest BCUT2D eigenvalue weighted by atomic mass is 32.1. The second-order valence-corrected chi connectivity index (χ2v) is 5.62. The zero-order chi connectivity index (χ0) is 15.5. The number of benzene rings is 2. The molecule has 0 saturated carbocycles. The summed E-state index contributed by atoms with van der Waals surface area (Å²) in [5.74, 6) is -0.250. The first-order chi connectivity index (χ1) is 10.6. The van der Waals surface area contributed by atoms with Crippen molar-refractivity contribution in [1.82, 2.24) is 10.3 Å². The van der Waals surface area contributed by atoms with Crippen LogP contribution in [-0.2, 0) is 6.54 Å². The molecular weight excluding hydrogens is 302 g/mol. The molecule has 110 valence electrons. The fourth-order valence-corrected chi connectivity index (χ4v) is 2.84. The number of fused-ring (bicyclic) bond motifs is 1. The van der Waals surface area contributed by atoms with Gasteiger partial charge in [-0.2, -0.15) is 0 Å². The number of amides is 1. The molecule has 3 rings (SSSR count). The Balaban J connectivity index is 1.67. The van der Waals surface area contributed by atoms with E-state index in [1.165, 1.54) is 23.5 Å². The number of rotatable bonds is 4. The molecule has 7 heteroatoms. The van der Waals surface area contributed by atoms with Gasteiger partial charge in [0.2, 0.25) is 0 Å². The minimum absolute atomic E-state index is 0.0289. The number of thiazole rings is 1. The number of nitro groups is 1. The van der Waals surface area contributed by atoms with Crippen molar-refractivity contribution < 1.29 is 9.72 Å². The summed E-state index contributed by atoms with van der Waals surface area (Å²) in [5.41, 5.74) is 1.62. The first kappa shape index (κ1) is 14.2. The molecule has 2 aromatic carbocycles. The van der Waals surface area contributed by atoms with Crippen molar-refractivity contribution in [3.8, 4) is 0 Å². The lowest BCUT2D eigenvalue weighted by molar-refractivity contribution is -0.384. The lowest BCUT2D eigenvalue weighted by Crippen LogP contribution is -2.22. The van der Waals surface area contributed by atoms with Gasteiger partial charge < -0.3 is 5.32 Å². The van der Waals surface area contributed by atoms with Crippen LogP contribution in [0.15, 0.2) is 48.5 Å². The van der Waals surface area contributed by atoms with Gasteiger partial charge in [0.1, 0.15) is 0 Å². The Kier molecular flexibility index (Phi) is 3.80. The van der Waals surface area contributed by atoms with E-state index in [2.05, 4.69) is 10.3 Å². The summed E-state index contributed by atoms with van der Waals surface area (Å²) in [6.07, 6.45) is 0. The van der Waals surface area contributed by atoms with Crippen molar-refractivity contribution >= 4 is 33.1 Å². The van der Waals surface area contributed by atoms with Crippen LogP contribution in [0.25, 0.3) is 10.2 Å². The molecule has 0 spiro atoms. The van der Waals surface area contributed by atoms with E-state index in [0.29, 0.717) is 11.6 Å². The number of nitro benzene ring substituents is 1.